The van der Waals surface area contributed by atoms with E-state index in [9.17, 15) is 9.59 Å². The van der Waals surface area contributed by atoms with Crippen LogP contribution >= 0.6 is 0 Å². The number of pyridine rings is 1. The first-order valence-electron chi connectivity index (χ1n) is 8.55. The summed E-state index contributed by atoms with van der Waals surface area (Å²) in [6.07, 6.45) is 0. The first kappa shape index (κ1) is 16.2. The van der Waals surface area contributed by atoms with Gasteiger partial charge in [0.05, 0.1) is 6.61 Å². The first-order valence-corrected chi connectivity index (χ1v) is 8.55. The molecule has 4 rings (SSSR count). The number of nitrogens with two attached hydrogens (primary N) is 1. The molecular formula is C20H19N3O3. The van der Waals surface area contributed by atoms with Gasteiger partial charge < -0.3 is 20.8 Å². The molecule has 0 radical (unpaired) electrons. The van der Waals surface area contributed by atoms with E-state index < -0.39 is 5.92 Å². The number of hydrogen-bond acceptors (Lipinski definition) is 5. The predicted molar refractivity (Wildman–Crippen MR) is 102 cm³/mol. The lowest BCUT2D eigenvalue weighted by Gasteiger charge is -2.13. The lowest BCUT2D eigenvalue weighted by molar-refractivity contribution is -0.144. The average Bonchev–Trinajstić information content (AvgIpc) is 3.09. The van der Waals surface area contributed by atoms with Gasteiger partial charge in [-0.15, -0.1) is 0 Å². The van der Waals surface area contributed by atoms with Gasteiger partial charge in [0.15, 0.2) is 0 Å². The van der Waals surface area contributed by atoms with Gasteiger partial charge in [-0.05, 0) is 42.3 Å². The summed E-state index contributed by atoms with van der Waals surface area (Å²) >= 11 is 0. The van der Waals surface area contributed by atoms with Crippen LogP contribution in [-0.2, 0) is 9.53 Å². The number of nitrogens with one attached hydrogen (secondary N) is 2. The van der Waals surface area contributed by atoms with Crippen molar-refractivity contribution in [1.29, 1.82) is 0 Å². The number of H-pyrrole nitrogens is 1. The Bertz CT molecular complexity index is 1050. The number of benzene rings is 2. The van der Waals surface area contributed by atoms with Crippen molar-refractivity contribution in [1.82, 2.24) is 4.98 Å². The minimum Gasteiger partial charge on any atom is -0.465 e. The van der Waals surface area contributed by atoms with Crippen LogP contribution in [0.2, 0.25) is 0 Å². The van der Waals surface area contributed by atoms with E-state index in [0.717, 1.165) is 16.5 Å². The van der Waals surface area contributed by atoms with Gasteiger partial charge >= 0.3 is 5.97 Å². The molecule has 1 aliphatic rings. The number of ether oxygens (including phenoxy) is 1. The number of fused-ring (bicyclic) bond motifs is 3. The van der Waals surface area contributed by atoms with Crippen molar-refractivity contribution in [3.8, 4) is 11.1 Å². The molecule has 6 heteroatoms. The lowest BCUT2D eigenvalue weighted by atomic mass is 9.94. The van der Waals surface area contributed by atoms with Gasteiger partial charge in [0.25, 0.3) is 5.56 Å². The molecule has 1 aromatic heterocycles. The Morgan fingerprint density at radius 2 is 1.92 bits per heavy atom. The fourth-order valence-electron chi connectivity index (χ4n) is 3.46. The SMILES string of the molecule is CCOC(=O)C1CNc2c1c1cc(-c3ccc(N)cc3)ccc1[nH]c2=O. The van der Waals surface area contributed by atoms with E-state index in [1.54, 1.807) is 6.92 Å². The first-order chi connectivity index (χ1) is 12.6. The molecule has 1 aliphatic heterocycles. The molecule has 2 heterocycles. The van der Waals surface area contributed by atoms with Gasteiger partial charge in [-0.2, -0.15) is 0 Å². The molecule has 0 bridgehead atoms. The summed E-state index contributed by atoms with van der Waals surface area (Å²) in [4.78, 5) is 27.6. The fourth-order valence-corrected chi connectivity index (χ4v) is 3.46. The zero-order valence-corrected chi connectivity index (χ0v) is 14.3. The van der Waals surface area contributed by atoms with Crippen molar-refractivity contribution in [3.63, 3.8) is 0 Å². The van der Waals surface area contributed by atoms with Gasteiger partial charge in [-0.25, -0.2) is 0 Å². The predicted octanol–water partition coefficient (Wildman–Crippen LogP) is 2.85. The number of hydrogen-bond donors (Lipinski definition) is 3. The van der Waals surface area contributed by atoms with E-state index in [4.69, 9.17) is 10.5 Å². The second-order valence-electron chi connectivity index (χ2n) is 6.31. The highest BCUT2D eigenvalue weighted by molar-refractivity contribution is 5.97. The van der Waals surface area contributed by atoms with Crippen molar-refractivity contribution in [2.45, 2.75) is 12.8 Å². The van der Waals surface area contributed by atoms with Crippen molar-refractivity contribution in [2.75, 3.05) is 24.2 Å². The molecule has 0 saturated heterocycles. The third kappa shape index (κ3) is 2.60. The topological polar surface area (TPSA) is 97.2 Å². The molecule has 1 atom stereocenters. The Hall–Kier alpha value is -3.28. The smallest absolute Gasteiger partial charge is 0.315 e. The van der Waals surface area contributed by atoms with Crippen LogP contribution in [0.5, 0.6) is 0 Å². The van der Waals surface area contributed by atoms with Crippen molar-refractivity contribution in [2.24, 2.45) is 0 Å². The maximum Gasteiger partial charge on any atom is 0.315 e. The molecule has 0 fully saturated rings. The fraction of sp³-hybridized carbons (Fsp3) is 0.200. The van der Waals surface area contributed by atoms with Gasteiger partial charge in [-0.3, -0.25) is 9.59 Å². The summed E-state index contributed by atoms with van der Waals surface area (Å²) in [5.41, 5.74) is 10.1. The van der Waals surface area contributed by atoms with Crippen LogP contribution in [-0.4, -0.2) is 24.1 Å². The van der Waals surface area contributed by atoms with Crippen LogP contribution in [0.3, 0.4) is 0 Å². The second-order valence-corrected chi connectivity index (χ2v) is 6.31. The highest BCUT2D eigenvalue weighted by Gasteiger charge is 2.33. The summed E-state index contributed by atoms with van der Waals surface area (Å²) in [6.45, 7) is 2.45. The number of carbonyl (C=O) groups excluding carboxylic acids is 1. The zero-order chi connectivity index (χ0) is 18.3. The molecular weight excluding hydrogens is 330 g/mol. The number of nitrogen functional groups attached to an aromatic ring is 1. The van der Waals surface area contributed by atoms with E-state index in [-0.39, 0.29) is 11.5 Å². The van der Waals surface area contributed by atoms with Crippen LogP contribution < -0.4 is 16.6 Å². The Balaban J connectivity index is 1.91. The zero-order valence-electron chi connectivity index (χ0n) is 14.3. The third-order valence-corrected chi connectivity index (χ3v) is 4.70. The average molecular weight is 349 g/mol. The Kier molecular flexibility index (Phi) is 3.88. The maximum absolute atomic E-state index is 12.4. The van der Waals surface area contributed by atoms with Gasteiger partial charge in [0, 0.05) is 28.7 Å². The molecule has 4 N–H and O–H groups in total. The monoisotopic (exact) mass is 349 g/mol. The molecule has 3 aromatic rings. The van der Waals surface area contributed by atoms with Crippen molar-refractivity contribution < 1.29 is 9.53 Å². The number of aromatic amines is 1. The highest BCUT2D eigenvalue weighted by atomic mass is 16.5. The maximum atomic E-state index is 12.4. The van der Waals surface area contributed by atoms with E-state index in [1.165, 1.54) is 0 Å². The highest BCUT2D eigenvalue weighted by Crippen LogP contribution is 2.36. The standard InChI is InChI=1S/C20H19N3O3/c1-2-26-20(25)15-10-22-18-17(15)14-9-12(5-8-16(14)23-19(18)24)11-3-6-13(21)7-4-11/h3-9,15,22H,2,10,21H2,1H3,(H,23,24). The van der Waals surface area contributed by atoms with Crippen LogP contribution in [0.1, 0.15) is 18.4 Å². The molecule has 1 unspecified atom stereocenters. The molecule has 0 saturated carbocycles. The Morgan fingerprint density at radius 3 is 2.65 bits per heavy atom. The number of aromatic nitrogens is 1. The van der Waals surface area contributed by atoms with E-state index in [1.807, 2.05) is 42.5 Å². The summed E-state index contributed by atoms with van der Waals surface area (Å²) in [6, 6.07) is 13.4. The van der Waals surface area contributed by atoms with E-state index in [2.05, 4.69) is 10.3 Å². The summed E-state index contributed by atoms with van der Waals surface area (Å²) < 4.78 is 5.19. The molecule has 132 valence electrons. The number of esters is 1. The van der Waals surface area contributed by atoms with Gasteiger partial charge in [0.1, 0.15) is 11.6 Å². The molecule has 6 nitrogen and oxygen atoms in total. The van der Waals surface area contributed by atoms with Gasteiger partial charge in [-0.1, -0.05) is 18.2 Å². The molecule has 2 aromatic carbocycles. The van der Waals surface area contributed by atoms with Crippen LogP contribution in [0.25, 0.3) is 22.0 Å². The van der Waals surface area contributed by atoms with Crippen molar-refractivity contribution >= 4 is 28.2 Å². The minimum atomic E-state index is -0.489. The minimum absolute atomic E-state index is 0.223. The van der Waals surface area contributed by atoms with Crippen molar-refractivity contribution in [3.05, 3.63) is 58.4 Å². The number of anilines is 2. The van der Waals surface area contributed by atoms with E-state index >= 15 is 0 Å². The molecule has 0 aliphatic carbocycles. The van der Waals surface area contributed by atoms with Gasteiger partial charge in [0.2, 0.25) is 0 Å². The number of rotatable bonds is 3. The molecule has 0 spiro atoms. The second kappa shape index (κ2) is 6.22. The van der Waals surface area contributed by atoms with Crippen LogP contribution in [0.4, 0.5) is 11.4 Å². The third-order valence-electron chi connectivity index (χ3n) is 4.70. The Labute approximate surface area is 150 Å². The Morgan fingerprint density at radius 1 is 1.19 bits per heavy atom. The van der Waals surface area contributed by atoms with E-state index in [0.29, 0.717) is 35.6 Å². The number of carbonyl (C=O) groups is 1. The quantitative estimate of drug-likeness (QED) is 0.499. The summed E-state index contributed by atoms with van der Waals surface area (Å²) in [5, 5.41) is 3.90. The largest absolute Gasteiger partial charge is 0.465 e. The van der Waals surface area contributed by atoms with Crippen LogP contribution in [0.15, 0.2) is 47.3 Å². The lowest BCUT2D eigenvalue weighted by Crippen LogP contribution is -2.17. The van der Waals surface area contributed by atoms with Crippen LogP contribution in [0, 0.1) is 0 Å². The summed E-state index contributed by atoms with van der Waals surface area (Å²) in [5.74, 6) is -0.806. The molecule has 26 heavy (non-hydrogen) atoms. The normalized spacial score (nSPS) is 15.5. The molecule has 0 amide bonds. The summed E-state index contributed by atoms with van der Waals surface area (Å²) in [7, 11) is 0.